The van der Waals surface area contributed by atoms with Gasteiger partial charge in [-0.25, -0.2) is 0 Å². The number of aromatic nitrogens is 2. The van der Waals surface area contributed by atoms with Crippen LogP contribution in [0.2, 0.25) is 0 Å². The Labute approximate surface area is 122 Å². The number of hydrogen-bond donors (Lipinski definition) is 1. The maximum Gasteiger partial charge on any atom is 0.0624 e. The Bertz CT molecular complexity index is 429. The van der Waals surface area contributed by atoms with Gasteiger partial charge in [-0.1, -0.05) is 13.8 Å². The Kier molecular flexibility index (Phi) is 5.22. The van der Waals surface area contributed by atoms with Crippen LogP contribution in [0.3, 0.4) is 0 Å². The Balaban J connectivity index is 2.21. The molecule has 0 radical (unpaired) electrons. The molecule has 0 saturated carbocycles. The number of rotatable bonds is 7. The highest BCUT2D eigenvalue weighted by Gasteiger charge is 2.41. The lowest BCUT2D eigenvalue weighted by Gasteiger charge is -2.32. The van der Waals surface area contributed by atoms with Gasteiger partial charge in [-0.05, 0) is 45.7 Å². The summed E-state index contributed by atoms with van der Waals surface area (Å²) in [5, 5.41) is 8.21. The highest BCUT2D eigenvalue weighted by molar-refractivity contribution is 5.14. The molecule has 4 nitrogen and oxygen atoms in total. The van der Waals surface area contributed by atoms with Gasteiger partial charge in [0.1, 0.15) is 0 Å². The third-order valence-electron chi connectivity index (χ3n) is 4.67. The van der Waals surface area contributed by atoms with Crippen LogP contribution in [0.25, 0.3) is 0 Å². The third-order valence-corrected chi connectivity index (χ3v) is 4.67. The van der Waals surface area contributed by atoms with Crippen molar-refractivity contribution in [3.05, 3.63) is 17.5 Å². The predicted molar refractivity (Wildman–Crippen MR) is 82.0 cm³/mol. The molecule has 2 unspecified atom stereocenters. The van der Waals surface area contributed by atoms with E-state index in [4.69, 9.17) is 4.74 Å². The Morgan fingerprint density at radius 1 is 1.45 bits per heavy atom. The van der Waals surface area contributed by atoms with Crippen LogP contribution in [-0.4, -0.2) is 35.6 Å². The minimum Gasteiger partial charge on any atom is -0.378 e. The molecule has 0 amide bonds. The first-order chi connectivity index (χ1) is 9.65. The quantitative estimate of drug-likeness (QED) is 0.833. The lowest BCUT2D eigenvalue weighted by molar-refractivity contribution is 0.0623. The van der Waals surface area contributed by atoms with Crippen molar-refractivity contribution in [3.63, 3.8) is 0 Å². The zero-order valence-electron chi connectivity index (χ0n) is 13.4. The largest absolute Gasteiger partial charge is 0.378 e. The minimum absolute atomic E-state index is 0.216. The maximum atomic E-state index is 5.88. The van der Waals surface area contributed by atoms with Crippen LogP contribution in [0.5, 0.6) is 0 Å². The van der Waals surface area contributed by atoms with Crippen molar-refractivity contribution in [1.82, 2.24) is 15.1 Å². The van der Waals surface area contributed by atoms with Crippen LogP contribution in [0.15, 0.2) is 6.07 Å². The summed E-state index contributed by atoms with van der Waals surface area (Å²) in [6, 6.07) is 2.28. The average Bonchev–Trinajstić information content (AvgIpc) is 3.01. The van der Waals surface area contributed by atoms with Crippen molar-refractivity contribution >= 4 is 0 Å². The number of nitrogens with zero attached hydrogens (tertiary/aromatic N) is 2. The van der Waals surface area contributed by atoms with Crippen LogP contribution < -0.4 is 5.32 Å². The summed E-state index contributed by atoms with van der Waals surface area (Å²) in [4.78, 5) is 0. The summed E-state index contributed by atoms with van der Waals surface area (Å²) in [6.07, 6.45) is 3.51. The maximum absolute atomic E-state index is 5.88. The van der Waals surface area contributed by atoms with E-state index in [-0.39, 0.29) is 5.41 Å². The number of hydrogen-bond acceptors (Lipinski definition) is 3. The molecule has 114 valence electrons. The number of ether oxygens (including phenoxy) is 1. The van der Waals surface area contributed by atoms with Gasteiger partial charge in [-0.2, -0.15) is 5.10 Å². The molecular formula is C16H29N3O. The van der Waals surface area contributed by atoms with Gasteiger partial charge < -0.3 is 10.1 Å². The monoisotopic (exact) mass is 279 g/mol. The van der Waals surface area contributed by atoms with Crippen LogP contribution >= 0.6 is 0 Å². The van der Waals surface area contributed by atoms with Crippen LogP contribution in [0.4, 0.5) is 0 Å². The smallest absolute Gasteiger partial charge is 0.0624 e. The molecule has 1 aliphatic rings. The lowest BCUT2D eigenvalue weighted by atomic mass is 9.77. The fourth-order valence-electron chi connectivity index (χ4n) is 3.18. The van der Waals surface area contributed by atoms with Gasteiger partial charge in [0.25, 0.3) is 0 Å². The second-order valence-electron chi connectivity index (χ2n) is 5.88. The lowest BCUT2D eigenvalue weighted by Crippen LogP contribution is -2.41. The molecule has 1 N–H and O–H groups in total. The summed E-state index contributed by atoms with van der Waals surface area (Å²) in [7, 11) is 0. The highest BCUT2D eigenvalue weighted by atomic mass is 16.5. The molecule has 1 aromatic heterocycles. The first kappa shape index (κ1) is 15.5. The van der Waals surface area contributed by atoms with Gasteiger partial charge in [0.05, 0.1) is 11.8 Å². The summed E-state index contributed by atoms with van der Waals surface area (Å²) in [5.74, 6) is 0. The standard InChI is InChI=1S/C16H29N3O/c1-5-14-10-15(19(7-3)18-14)11-16(12-17-6-2)8-9-20-13(16)4/h10,13,17H,5-9,11-12H2,1-4H3. The number of aryl methyl sites for hydroxylation is 2. The molecule has 1 saturated heterocycles. The number of nitrogens with one attached hydrogen (secondary N) is 1. The first-order valence-corrected chi connectivity index (χ1v) is 8.03. The molecular weight excluding hydrogens is 250 g/mol. The Morgan fingerprint density at radius 2 is 2.25 bits per heavy atom. The van der Waals surface area contributed by atoms with E-state index in [1.165, 1.54) is 11.4 Å². The van der Waals surface area contributed by atoms with Crippen LogP contribution in [0.1, 0.15) is 45.5 Å². The molecule has 20 heavy (non-hydrogen) atoms. The summed E-state index contributed by atoms with van der Waals surface area (Å²) in [5.41, 5.74) is 2.78. The summed E-state index contributed by atoms with van der Waals surface area (Å²) < 4.78 is 8.04. The zero-order chi connectivity index (χ0) is 14.6. The topological polar surface area (TPSA) is 39.1 Å². The van der Waals surface area contributed by atoms with E-state index in [0.29, 0.717) is 6.10 Å². The molecule has 1 fully saturated rings. The van der Waals surface area contributed by atoms with E-state index in [1.54, 1.807) is 0 Å². The molecule has 0 aliphatic carbocycles. The van der Waals surface area contributed by atoms with E-state index in [0.717, 1.165) is 45.5 Å². The predicted octanol–water partition coefficient (Wildman–Crippen LogP) is 2.41. The van der Waals surface area contributed by atoms with E-state index in [9.17, 15) is 0 Å². The van der Waals surface area contributed by atoms with Gasteiger partial charge >= 0.3 is 0 Å². The van der Waals surface area contributed by atoms with Crippen molar-refractivity contribution in [2.24, 2.45) is 5.41 Å². The van der Waals surface area contributed by atoms with Gasteiger partial charge in [0.15, 0.2) is 0 Å². The molecule has 1 aromatic rings. The Hall–Kier alpha value is -0.870. The molecule has 2 heterocycles. The molecule has 0 spiro atoms. The normalized spacial score (nSPS) is 26.3. The average molecular weight is 279 g/mol. The summed E-state index contributed by atoms with van der Waals surface area (Å²) >= 11 is 0. The van der Waals surface area contributed by atoms with Crippen LogP contribution in [-0.2, 0) is 24.1 Å². The Morgan fingerprint density at radius 3 is 2.80 bits per heavy atom. The van der Waals surface area contributed by atoms with Gasteiger partial charge in [0, 0.05) is 30.8 Å². The van der Waals surface area contributed by atoms with Crippen molar-refractivity contribution < 1.29 is 4.74 Å². The van der Waals surface area contributed by atoms with E-state index in [2.05, 4.69) is 48.9 Å². The van der Waals surface area contributed by atoms with Crippen molar-refractivity contribution in [2.75, 3.05) is 19.7 Å². The third kappa shape index (κ3) is 3.07. The highest BCUT2D eigenvalue weighted by Crippen LogP contribution is 2.38. The van der Waals surface area contributed by atoms with Crippen molar-refractivity contribution in [1.29, 1.82) is 0 Å². The fraction of sp³-hybridized carbons (Fsp3) is 0.812. The van der Waals surface area contributed by atoms with Crippen molar-refractivity contribution in [3.8, 4) is 0 Å². The van der Waals surface area contributed by atoms with E-state index in [1.807, 2.05) is 0 Å². The fourth-order valence-corrected chi connectivity index (χ4v) is 3.18. The molecule has 2 atom stereocenters. The SMILES string of the molecule is CCNCC1(Cc2cc(CC)nn2CC)CCOC1C. The van der Waals surface area contributed by atoms with E-state index >= 15 is 0 Å². The minimum atomic E-state index is 0.216. The second-order valence-corrected chi connectivity index (χ2v) is 5.88. The van der Waals surface area contributed by atoms with Crippen molar-refractivity contribution in [2.45, 2.75) is 59.6 Å². The first-order valence-electron chi connectivity index (χ1n) is 8.03. The molecule has 0 aromatic carbocycles. The molecule has 0 bridgehead atoms. The summed E-state index contributed by atoms with van der Waals surface area (Å²) in [6.45, 7) is 12.6. The molecule has 1 aliphatic heterocycles. The second kappa shape index (κ2) is 6.72. The molecule has 2 rings (SSSR count). The molecule has 4 heteroatoms. The van der Waals surface area contributed by atoms with Gasteiger partial charge in [-0.3, -0.25) is 4.68 Å². The zero-order valence-corrected chi connectivity index (χ0v) is 13.4. The van der Waals surface area contributed by atoms with Crippen LogP contribution in [0, 0.1) is 5.41 Å². The van der Waals surface area contributed by atoms with Gasteiger partial charge in [-0.15, -0.1) is 0 Å². The van der Waals surface area contributed by atoms with Gasteiger partial charge in [0.2, 0.25) is 0 Å². The van der Waals surface area contributed by atoms with E-state index < -0.39 is 0 Å².